The van der Waals surface area contributed by atoms with E-state index >= 15 is 0 Å². The Morgan fingerprint density at radius 1 is 0.800 bits per heavy atom. The molecule has 2 fully saturated rings. The number of hydrogen-bond acceptors (Lipinski definition) is 7. The standard InChI is InChI=1S/C15H23N7.2ClH.V/c1-2-9-21(8-1)19-16-12-14-6-5-7-15(18-14)13-17-20-22-10-3-4-11-22;;;/h5-7,12-13,19-20H,1-4,8-11H2;2*1H;/q;;;+2/p-2. The van der Waals surface area contributed by atoms with Gasteiger partial charge in [-0.3, -0.25) is 0 Å². The van der Waals surface area contributed by atoms with Crippen LogP contribution in [0.5, 0.6) is 0 Å². The molecule has 0 amide bonds. The first kappa shape index (κ1) is 24.2. The zero-order valence-corrected chi connectivity index (χ0v) is 16.9. The van der Waals surface area contributed by atoms with Crippen LogP contribution < -0.4 is 35.9 Å². The topological polar surface area (TPSA) is 68.2 Å². The van der Waals surface area contributed by atoms with Gasteiger partial charge in [0.2, 0.25) is 0 Å². The predicted octanol–water partition coefficient (Wildman–Crippen LogP) is -5.04. The maximum Gasteiger partial charge on any atom is 2.00 e. The van der Waals surface area contributed by atoms with Gasteiger partial charge in [0.15, 0.2) is 0 Å². The van der Waals surface area contributed by atoms with E-state index in [1.54, 1.807) is 12.4 Å². The second-order valence-electron chi connectivity index (χ2n) is 5.59. The average molecular weight is 423 g/mol. The Balaban J connectivity index is 0.00000192. The molecule has 0 bridgehead atoms. The number of aromatic nitrogens is 1. The fourth-order valence-electron chi connectivity index (χ4n) is 2.60. The molecule has 3 rings (SSSR count). The Kier molecular flexibility index (Phi) is 12.9. The number of pyridine rings is 1. The molecular formula is C15H23Cl2N7V. The van der Waals surface area contributed by atoms with Crippen LogP contribution in [0.4, 0.5) is 0 Å². The molecular weight excluding hydrogens is 400 g/mol. The summed E-state index contributed by atoms with van der Waals surface area (Å²) in [7, 11) is 0. The molecule has 2 aliphatic heterocycles. The van der Waals surface area contributed by atoms with Crippen LogP contribution in [0.3, 0.4) is 0 Å². The predicted molar refractivity (Wildman–Crippen MR) is 87.3 cm³/mol. The monoisotopic (exact) mass is 422 g/mol. The van der Waals surface area contributed by atoms with E-state index in [1.807, 2.05) is 18.2 Å². The molecule has 2 aliphatic rings. The van der Waals surface area contributed by atoms with E-state index in [0.717, 1.165) is 37.6 Å². The molecule has 0 unspecified atom stereocenters. The van der Waals surface area contributed by atoms with E-state index in [-0.39, 0.29) is 43.4 Å². The molecule has 137 valence electrons. The molecule has 3 heterocycles. The first-order valence-electron chi connectivity index (χ1n) is 7.94. The van der Waals surface area contributed by atoms with Crippen molar-refractivity contribution >= 4 is 12.4 Å². The second-order valence-corrected chi connectivity index (χ2v) is 5.59. The summed E-state index contributed by atoms with van der Waals surface area (Å²) in [6, 6.07) is 5.82. The second kappa shape index (κ2) is 13.4. The van der Waals surface area contributed by atoms with Gasteiger partial charge in [0, 0.05) is 26.2 Å². The van der Waals surface area contributed by atoms with E-state index in [9.17, 15) is 0 Å². The van der Waals surface area contributed by atoms with E-state index in [2.05, 4.69) is 36.3 Å². The van der Waals surface area contributed by atoms with Gasteiger partial charge in [-0.1, -0.05) is 6.07 Å². The number of hydrogen-bond donors (Lipinski definition) is 2. The van der Waals surface area contributed by atoms with Gasteiger partial charge in [-0.05, 0) is 37.8 Å². The Hall–Kier alpha value is -0.826. The molecule has 25 heavy (non-hydrogen) atoms. The zero-order valence-electron chi connectivity index (χ0n) is 14.0. The number of hydrazone groups is 2. The van der Waals surface area contributed by atoms with Crippen molar-refractivity contribution in [1.82, 2.24) is 26.1 Å². The molecule has 1 aromatic rings. The van der Waals surface area contributed by atoms with Crippen molar-refractivity contribution in [2.75, 3.05) is 26.2 Å². The van der Waals surface area contributed by atoms with Gasteiger partial charge in [-0.15, -0.1) is 0 Å². The van der Waals surface area contributed by atoms with Crippen molar-refractivity contribution in [2.45, 2.75) is 25.7 Å². The minimum atomic E-state index is 0. The van der Waals surface area contributed by atoms with Crippen LogP contribution in [0.1, 0.15) is 37.1 Å². The van der Waals surface area contributed by atoms with Crippen molar-refractivity contribution in [3.63, 3.8) is 0 Å². The molecule has 2 N–H and O–H groups in total. The third kappa shape index (κ3) is 8.40. The summed E-state index contributed by atoms with van der Waals surface area (Å²) in [5.41, 5.74) is 7.71. The smallest absolute Gasteiger partial charge is 1.00 e. The Morgan fingerprint density at radius 3 is 1.60 bits per heavy atom. The third-order valence-corrected chi connectivity index (χ3v) is 3.80. The van der Waals surface area contributed by atoms with Crippen LogP contribution in [0, 0.1) is 0 Å². The maximum absolute atomic E-state index is 4.49. The van der Waals surface area contributed by atoms with Crippen molar-refractivity contribution in [1.29, 1.82) is 0 Å². The first-order valence-corrected chi connectivity index (χ1v) is 7.94. The Morgan fingerprint density at radius 2 is 1.20 bits per heavy atom. The summed E-state index contributed by atoms with van der Waals surface area (Å²) >= 11 is 0. The summed E-state index contributed by atoms with van der Waals surface area (Å²) < 4.78 is 0. The minimum Gasteiger partial charge on any atom is -1.00 e. The summed E-state index contributed by atoms with van der Waals surface area (Å²) in [6.07, 6.45) is 8.41. The summed E-state index contributed by atoms with van der Waals surface area (Å²) in [6.45, 7) is 4.22. The van der Waals surface area contributed by atoms with Crippen LogP contribution in [0.2, 0.25) is 0 Å². The molecule has 1 aromatic heterocycles. The van der Waals surface area contributed by atoms with Crippen LogP contribution in [0.25, 0.3) is 0 Å². The van der Waals surface area contributed by atoms with Crippen LogP contribution >= 0.6 is 0 Å². The molecule has 0 aliphatic carbocycles. The number of hydrazine groups is 2. The van der Waals surface area contributed by atoms with Gasteiger partial charge >= 0.3 is 18.6 Å². The van der Waals surface area contributed by atoms with E-state index < -0.39 is 0 Å². The van der Waals surface area contributed by atoms with E-state index in [0.29, 0.717) is 0 Å². The normalized spacial score (nSPS) is 17.9. The van der Waals surface area contributed by atoms with Gasteiger partial charge in [-0.2, -0.15) is 10.2 Å². The largest absolute Gasteiger partial charge is 2.00 e. The zero-order chi connectivity index (χ0) is 15.0. The van der Waals surface area contributed by atoms with Crippen molar-refractivity contribution in [3.8, 4) is 0 Å². The van der Waals surface area contributed by atoms with Crippen molar-refractivity contribution in [3.05, 3.63) is 29.6 Å². The molecule has 2 saturated heterocycles. The fourth-order valence-corrected chi connectivity index (χ4v) is 2.60. The minimum absolute atomic E-state index is 0. The molecule has 0 spiro atoms. The van der Waals surface area contributed by atoms with E-state index in [4.69, 9.17) is 0 Å². The van der Waals surface area contributed by atoms with Gasteiger partial charge in [0.25, 0.3) is 0 Å². The molecule has 0 saturated carbocycles. The van der Waals surface area contributed by atoms with Crippen LogP contribution in [-0.2, 0) is 18.6 Å². The molecule has 1 radical (unpaired) electrons. The number of nitrogens with one attached hydrogen (secondary N) is 2. The Labute approximate surface area is 173 Å². The van der Waals surface area contributed by atoms with Gasteiger partial charge in [0.1, 0.15) is 0 Å². The summed E-state index contributed by atoms with van der Waals surface area (Å²) in [5.74, 6) is 0. The van der Waals surface area contributed by atoms with Crippen molar-refractivity contribution < 1.29 is 43.4 Å². The molecule has 7 nitrogen and oxygen atoms in total. The molecule has 0 aromatic carbocycles. The van der Waals surface area contributed by atoms with E-state index in [1.165, 1.54) is 25.7 Å². The number of halogens is 2. The molecule has 10 heteroatoms. The Bertz CT molecular complexity index is 489. The van der Waals surface area contributed by atoms with Gasteiger partial charge < -0.3 is 24.8 Å². The average Bonchev–Trinajstić information content (AvgIpc) is 3.21. The van der Waals surface area contributed by atoms with Crippen LogP contribution in [0.15, 0.2) is 28.4 Å². The number of rotatable bonds is 6. The van der Waals surface area contributed by atoms with Crippen LogP contribution in [-0.4, -0.2) is 53.6 Å². The number of nitrogens with zero attached hydrogens (tertiary/aromatic N) is 5. The van der Waals surface area contributed by atoms with Gasteiger partial charge in [-0.25, -0.2) is 26.1 Å². The summed E-state index contributed by atoms with van der Waals surface area (Å²) in [5, 5.41) is 12.7. The first-order chi connectivity index (χ1) is 10.9. The van der Waals surface area contributed by atoms with Gasteiger partial charge in [0.05, 0.1) is 23.8 Å². The SMILES string of the molecule is C(=NNN1CCCC1)c1cccc(C=NNN2CCCC2)n1.[Cl-].[Cl-].[V+2]. The van der Waals surface area contributed by atoms with Crippen molar-refractivity contribution in [2.24, 2.45) is 10.2 Å². The molecule has 0 atom stereocenters. The quantitative estimate of drug-likeness (QED) is 0.355. The fraction of sp³-hybridized carbons (Fsp3) is 0.533. The third-order valence-electron chi connectivity index (χ3n) is 3.80. The maximum atomic E-state index is 4.49. The summed E-state index contributed by atoms with van der Waals surface area (Å²) in [4.78, 5) is 4.49.